The molecular formula is C30H25ClN4O2. The second-order valence-corrected chi connectivity index (χ2v) is 9.60. The molecule has 6 aromatic rings. The molecule has 0 fully saturated rings. The molecule has 6 nitrogen and oxygen atoms in total. The van der Waals surface area contributed by atoms with Crippen LogP contribution in [0.3, 0.4) is 0 Å². The summed E-state index contributed by atoms with van der Waals surface area (Å²) in [6, 6.07) is 26.7. The first-order valence-electron chi connectivity index (χ1n) is 12.2. The number of aromatic amines is 1. The molecular weight excluding hydrogens is 484 g/mol. The standard InChI is InChI=1S/C30H25ClN4O2/c1-20-29-27(17-28(36)33(20)16-15-21-18-32-26-14-8-6-12-24(21)26)34(19-22-9-5-7-13-25(22)31)35(30(29)37)23-10-3-2-4-11-23/h2-14,17-18,32H,15-16,19H2,1H3. The van der Waals surface area contributed by atoms with E-state index in [1.807, 2.05) is 90.6 Å². The lowest BCUT2D eigenvalue weighted by atomic mass is 10.1. The number of halogens is 1. The van der Waals surface area contributed by atoms with Crippen molar-refractivity contribution in [2.24, 2.45) is 0 Å². The van der Waals surface area contributed by atoms with Crippen molar-refractivity contribution in [1.29, 1.82) is 0 Å². The molecule has 0 aliphatic carbocycles. The van der Waals surface area contributed by atoms with Crippen LogP contribution >= 0.6 is 11.6 Å². The van der Waals surface area contributed by atoms with Gasteiger partial charge in [-0.1, -0.05) is 66.2 Å². The third kappa shape index (κ3) is 3.99. The molecule has 0 saturated carbocycles. The van der Waals surface area contributed by atoms with Crippen molar-refractivity contribution in [2.75, 3.05) is 0 Å². The van der Waals surface area contributed by atoms with Gasteiger partial charge in [-0.25, -0.2) is 4.68 Å². The van der Waals surface area contributed by atoms with Crippen LogP contribution in [0.25, 0.3) is 27.5 Å². The van der Waals surface area contributed by atoms with Crippen LogP contribution in [0, 0.1) is 6.92 Å². The van der Waals surface area contributed by atoms with Gasteiger partial charge in [0.05, 0.1) is 23.1 Å². The Morgan fingerprint density at radius 2 is 1.59 bits per heavy atom. The lowest BCUT2D eigenvalue weighted by molar-refractivity contribution is 0.611. The number of aryl methyl sites for hydroxylation is 2. The molecule has 3 aromatic carbocycles. The van der Waals surface area contributed by atoms with Crippen molar-refractivity contribution in [1.82, 2.24) is 18.9 Å². The van der Waals surface area contributed by atoms with Crippen molar-refractivity contribution < 1.29 is 0 Å². The van der Waals surface area contributed by atoms with Crippen molar-refractivity contribution in [3.8, 4) is 5.69 Å². The molecule has 3 heterocycles. The number of nitrogens with zero attached hydrogens (tertiary/aromatic N) is 3. The van der Waals surface area contributed by atoms with Crippen molar-refractivity contribution in [3.05, 3.63) is 134 Å². The van der Waals surface area contributed by atoms with Gasteiger partial charge in [0.15, 0.2) is 0 Å². The SMILES string of the molecule is Cc1c2c(=O)n(-c3ccccc3)n(Cc3ccccc3Cl)c2cc(=O)n1CCc1c[nH]c2ccccc12. The molecule has 37 heavy (non-hydrogen) atoms. The number of benzene rings is 3. The molecule has 3 aromatic heterocycles. The maximum absolute atomic E-state index is 13.9. The van der Waals surface area contributed by atoms with Crippen molar-refractivity contribution >= 4 is 33.4 Å². The van der Waals surface area contributed by atoms with E-state index >= 15 is 0 Å². The Hall–Kier alpha value is -4.29. The molecule has 0 unspecified atom stereocenters. The summed E-state index contributed by atoms with van der Waals surface area (Å²) in [5.41, 5.74) is 4.77. The number of nitrogens with one attached hydrogen (secondary N) is 1. The van der Waals surface area contributed by atoms with Crippen LogP contribution in [0.1, 0.15) is 16.8 Å². The average Bonchev–Trinajstić information content (AvgIpc) is 3.44. The van der Waals surface area contributed by atoms with Gasteiger partial charge in [0.25, 0.3) is 11.1 Å². The molecule has 0 bridgehead atoms. The van der Waals surface area contributed by atoms with Crippen LogP contribution in [-0.4, -0.2) is 18.9 Å². The molecule has 0 aliphatic rings. The first kappa shape index (κ1) is 23.1. The minimum atomic E-state index is -0.161. The van der Waals surface area contributed by atoms with Crippen LogP contribution in [0.2, 0.25) is 5.02 Å². The predicted molar refractivity (Wildman–Crippen MR) is 149 cm³/mol. The molecule has 0 atom stereocenters. The van der Waals surface area contributed by atoms with E-state index in [0.29, 0.717) is 41.1 Å². The van der Waals surface area contributed by atoms with Gasteiger partial charge in [0.2, 0.25) is 0 Å². The Bertz CT molecular complexity index is 1880. The summed E-state index contributed by atoms with van der Waals surface area (Å²) in [5, 5.41) is 2.29. The molecule has 0 amide bonds. The Labute approximate surface area is 218 Å². The molecule has 0 saturated heterocycles. The number of H-pyrrole nitrogens is 1. The summed E-state index contributed by atoms with van der Waals surface area (Å²) in [6.07, 6.45) is 2.66. The summed E-state index contributed by atoms with van der Waals surface area (Å²) in [7, 11) is 0. The van der Waals surface area contributed by atoms with Crippen LogP contribution in [0.4, 0.5) is 0 Å². The van der Waals surface area contributed by atoms with E-state index in [1.165, 1.54) is 0 Å². The number of hydrogen-bond donors (Lipinski definition) is 1. The third-order valence-electron chi connectivity index (χ3n) is 7.03. The summed E-state index contributed by atoms with van der Waals surface area (Å²) in [4.78, 5) is 30.6. The Morgan fingerprint density at radius 1 is 0.865 bits per heavy atom. The Kier molecular flexibility index (Phi) is 5.81. The second-order valence-electron chi connectivity index (χ2n) is 9.19. The van der Waals surface area contributed by atoms with Gasteiger partial charge >= 0.3 is 0 Å². The van der Waals surface area contributed by atoms with Crippen LogP contribution in [0.5, 0.6) is 0 Å². The van der Waals surface area contributed by atoms with Crippen LogP contribution in [0.15, 0.2) is 101 Å². The summed E-state index contributed by atoms with van der Waals surface area (Å²) in [5.74, 6) is 0. The number of para-hydroxylation sites is 2. The zero-order valence-corrected chi connectivity index (χ0v) is 21.1. The maximum Gasteiger partial charge on any atom is 0.281 e. The molecule has 1 N–H and O–H groups in total. The Morgan fingerprint density at radius 3 is 2.41 bits per heavy atom. The highest BCUT2D eigenvalue weighted by atomic mass is 35.5. The second kappa shape index (κ2) is 9.30. The first-order valence-corrected chi connectivity index (χ1v) is 12.6. The fourth-order valence-corrected chi connectivity index (χ4v) is 5.36. The average molecular weight is 509 g/mol. The molecule has 0 spiro atoms. The Balaban J connectivity index is 1.50. The number of pyridine rings is 1. The van der Waals surface area contributed by atoms with E-state index in [4.69, 9.17) is 11.6 Å². The van der Waals surface area contributed by atoms with E-state index in [9.17, 15) is 9.59 Å². The van der Waals surface area contributed by atoms with E-state index in [-0.39, 0.29) is 11.1 Å². The quantitative estimate of drug-likeness (QED) is 0.314. The topological polar surface area (TPSA) is 64.7 Å². The smallest absolute Gasteiger partial charge is 0.281 e. The van der Waals surface area contributed by atoms with E-state index in [0.717, 1.165) is 27.7 Å². The molecule has 0 radical (unpaired) electrons. The summed E-state index contributed by atoms with van der Waals surface area (Å²) >= 11 is 6.48. The van der Waals surface area contributed by atoms with Gasteiger partial charge in [-0.05, 0) is 48.7 Å². The minimum absolute atomic E-state index is 0.136. The molecule has 184 valence electrons. The highest BCUT2D eigenvalue weighted by molar-refractivity contribution is 6.31. The zero-order valence-electron chi connectivity index (χ0n) is 20.3. The highest BCUT2D eigenvalue weighted by Gasteiger charge is 2.20. The monoisotopic (exact) mass is 508 g/mol. The van der Waals surface area contributed by atoms with Crippen LogP contribution < -0.4 is 11.1 Å². The van der Waals surface area contributed by atoms with Gasteiger partial charge in [-0.2, -0.15) is 0 Å². The van der Waals surface area contributed by atoms with Gasteiger partial charge in [-0.3, -0.25) is 14.3 Å². The van der Waals surface area contributed by atoms with E-state index < -0.39 is 0 Å². The fourth-order valence-electron chi connectivity index (χ4n) is 5.16. The lowest BCUT2D eigenvalue weighted by Gasteiger charge is -2.14. The zero-order chi connectivity index (χ0) is 25.5. The number of fused-ring (bicyclic) bond motifs is 2. The van der Waals surface area contributed by atoms with Gasteiger partial charge in [-0.15, -0.1) is 0 Å². The van der Waals surface area contributed by atoms with Gasteiger partial charge < -0.3 is 9.55 Å². The normalized spacial score (nSPS) is 11.5. The van der Waals surface area contributed by atoms with Crippen molar-refractivity contribution in [3.63, 3.8) is 0 Å². The number of rotatable bonds is 6. The van der Waals surface area contributed by atoms with E-state index in [1.54, 1.807) is 15.3 Å². The van der Waals surface area contributed by atoms with E-state index in [2.05, 4.69) is 11.1 Å². The molecule has 0 aliphatic heterocycles. The largest absolute Gasteiger partial charge is 0.361 e. The van der Waals surface area contributed by atoms with Gasteiger partial charge in [0.1, 0.15) is 0 Å². The van der Waals surface area contributed by atoms with Crippen molar-refractivity contribution in [2.45, 2.75) is 26.4 Å². The number of hydrogen-bond acceptors (Lipinski definition) is 2. The summed E-state index contributed by atoms with van der Waals surface area (Å²) in [6.45, 7) is 2.68. The van der Waals surface area contributed by atoms with Crippen LogP contribution in [-0.2, 0) is 19.5 Å². The van der Waals surface area contributed by atoms with Gasteiger partial charge in [0, 0.05) is 40.4 Å². The fraction of sp³-hybridized carbons (Fsp3) is 0.133. The predicted octanol–water partition coefficient (Wildman–Crippen LogP) is 5.69. The third-order valence-corrected chi connectivity index (χ3v) is 7.40. The molecule has 6 rings (SSSR count). The lowest BCUT2D eigenvalue weighted by Crippen LogP contribution is -2.24. The highest BCUT2D eigenvalue weighted by Crippen LogP contribution is 2.23. The summed E-state index contributed by atoms with van der Waals surface area (Å²) < 4.78 is 5.21. The minimum Gasteiger partial charge on any atom is -0.361 e. The number of aromatic nitrogens is 4. The first-order chi connectivity index (χ1) is 18.0. The molecule has 7 heteroatoms. The maximum atomic E-state index is 13.9.